The summed E-state index contributed by atoms with van der Waals surface area (Å²) in [6, 6.07) is 0. The van der Waals surface area contributed by atoms with Crippen molar-refractivity contribution in [3.63, 3.8) is 0 Å². The van der Waals surface area contributed by atoms with Gasteiger partial charge < -0.3 is 15.3 Å². The average molecular weight is 207 g/mol. The molecule has 1 aliphatic heterocycles. The van der Waals surface area contributed by atoms with Crippen molar-refractivity contribution in [3.8, 4) is 0 Å². The van der Waals surface area contributed by atoms with E-state index in [1.54, 1.807) is 0 Å². The van der Waals surface area contributed by atoms with E-state index >= 15 is 0 Å². The molecule has 1 aliphatic rings. The topological polar surface area (TPSA) is 60.7 Å². The van der Waals surface area contributed by atoms with Crippen molar-refractivity contribution in [3.05, 3.63) is 0 Å². The predicted molar refractivity (Wildman–Crippen MR) is 54.9 cm³/mol. The molecule has 3 N–H and O–H groups in total. The van der Waals surface area contributed by atoms with Crippen molar-refractivity contribution in [1.29, 1.82) is 0 Å². The van der Waals surface area contributed by atoms with E-state index in [2.05, 4.69) is 6.92 Å². The normalized spacial score (nSPS) is 39.7. The van der Waals surface area contributed by atoms with E-state index in [9.17, 15) is 10.2 Å². The molecule has 1 heterocycles. The molecule has 13 heavy (non-hydrogen) atoms. The fraction of sp³-hybridized carbons (Fsp3) is 1.00. The Balaban J connectivity index is 2.44. The summed E-state index contributed by atoms with van der Waals surface area (Å²) in [6.45, 7) is 2.13. The average Bonchev–Trinajstić information content (AvgIpc) is 2.39. The van der Waals surface area contributed by atoms with Gasteiger partial charge in [-0.3, -0.25) is 0 Å². The summed E-state index contributed by atoms with van der Waals surface area (Å²) in [5.41, 5.74) is 0. The maximum absolute atomic E-state index is 9.52. The zero-order chi connectivity index (χ0) is 9.84. The van der Waals surface area contributed by atoms with Gasteiger partial charge in [0.15, 0.2) is 5.25 Å². The van der Waals surface area contributed by atoms with E-state index in [1.165, 1.54) is 0 Å². The molecule has 0 amide bonds. The number of unbranched alkanes of at least 4 members (excludes halogenated alkanes) is 1. The second kappa shape index (κ2) is 5.20. The SMILES string of the molecule is CCCC[S+]1C[C@@H](O)[C@H](O)[C@H]1CO. The molecule has 0 aromatic rings. The fourth-order valence-corrected chi connectivity index (χ4v) is 4.46. The highest BCUT2D eigenvalue weighted by Gasteiger charge is 2.48. The van der Waals surface area contributed by atoms with Crippen LogP contribution >= 0.6 is 0 Å². The summed E-state index contributed by atoms with van der Waals surface area (Å²) in [5.74, 6) is 1.71. The highest BCUT2D eigenvalue weighted by Crippen LogP contribution is 2.24. The molecule has 1 unspecified atom stereocenters. The Kier molecular flexibility index (Phi) is 4.52. The van der Waals surface area contributed by atoms with Crippen LogP contribution in [0, 0.1) is 0 Å². The molecule has 0 aromatic heterocycles. The molecule has 0 radical (unpaired) electrons. The Labute approximate surface area is 82.1 Å². The third-order valence-corrected chi connectivity index (χ3v) is 5.40. The van der Waals surface area contributed by atoms with Crippen LogP contribution in [0.25, 0.3) is 0 Å². The van der Waals surface area contributed by atoms with E-state index in [-0.39, 0.29) is 22.8 Å². The minimum atomic E-state index is -0.704. The van der Waals surface area contributed by atoms with Crippen LogP contribution in [0.15, 0.2) is 0 Å². The summed E-state index contributed by atoms with van der Waals surface area (Å²) >= 11 is 0. The largest absolute Gasteiger partial charge is 0.391 e. The van der Waals surface area contributed by atoms with Crippen molar-refractivity contribution in [2.24, 2.45) is 0 Å². The summed E-state index contributed by atoms with van der Waals surface area (Å²) < 4.78 is 0. The first-order valence-electron chi connectivity index (χ1n) is 4.84. The molecular formula is C9H19O3S+. The van der Waals surface area contributed by atoms with Crippen LogP contribution in [-0.4, -0.2) is 50.9 Å². The molecule has 0 aromatic carbocycles. The summed E-state index contributed by atoms with van der Waals surface area (Å²) in [5, 5.41) is 27.9. The summed E-state index contributed by atoms with van der Waals surface area (Å²) in [6.07, 6.45) is 0.940. The fourth-order valence-electron chi connectivity index (χ4n) is 1.66. The van der Waals surface area contributed by atoms with E-state index < -0.39 is 12.2 Å². The smallest absolute Gasteiger partial charge is 0.169 e. The Bertz CT molecular complexity index is 154. The van der Waals surface area contributed by atoms with Gasteiger partial charge in [0.2, 0.25) is 0 Å². The summed E-state index contributed by atoms with van der Waals surface area (Å²) in [7, 11) is 0.0248. The van der Waals surface area contributed by atoms with Gasteiger partial charge >= 0.3 is 0 Å². The number of aliphatic hydroxyl groups excluding tert-OH is 3. The highest BCUT2D eigenvalue weighted by atomic mass is 32.2. The van der Waals surface area contributed by atoms with Crippen LogP contribution < -0.4 is 0 Å². The van der Waals surface area contributed by atoms with Gasteiger partial charge in [0.25, 0.3) is 0 Å². The van der Waals surface area contributed by atoms with Crippen LogP contribution in [-0.2, 0) is 10.9 Å². The zero-order valence-corrected chi connectivity index (χ0v) is 8.83. The minimum Gasteiger partial charge on any atom is -0.391 e. The van der Waals surface area contributed by atoms with Gasteiger partial charge in [-0.1, -0.05) is 13.3 Å². The zero-order valence-electron chi connectivity index (χ0n) is 8.02. The van der Waals surface area contributed by atoms with E-state index in [0.29, 0.717) is 5.75 Å². The molecule has 1 fully saturated rings. The van der Waals surface area contributed by atoms with E-state index in [1.807, 2.05) is 0 Å². The summed E-state index contributed by atoms with van der Waals surface area (Å²) in [4.78, 5) is 0. The third kappa shape index (κ3) is 2.59. The lowest BCUT2D eigenvalue weighted by Crippen LogP contribution is -2.34. The lowest BCUT2D eigenvalue weighted by molar-refractivity contribution is 0.0325. The lowest BCUT2D eigenvalue weighted by Gasteiger charge is -2.11. The van der Waals surface area contributed by atoms with Crippen molar-refractivity contribution < 1.29 is 15.3 Å². The van der Waals surface area contributed by atoms with Crippen molar-refractivity contribution in [2.75, 3.05) is 18.1 Å². The minimum absolute atomic E-state index is 0.00501. The first-order valence-corrected chi connectivity index (χ1v) is 6.46. The third-order valence-electron chi connectivity index (χ3n) is 2.53. The standard InChI is InChI=1S/C9H19O3S/c1-2-3-4-13-6-7(11)9(12)8(13)5-10/h7-12H,2-6H2,1H3/q+1/t7-,8-,9+,13?/m1/s1. The van der Waals surface area contributed by atoms with Crippen LogP contribution in [0.1, 0.15) is 19.8 Å². The first kappa shape index (κ1) is 11.3. The molecule has 78 valence electrons. The molecule has 0 aliphatic carbocycles. The van der Waals surface area contributed by atoms with Crippen molar-refractivity contribution in [2.45, 2.75) is 37.2 Å². The highest BCUT2D eigenvalue weighted by molar-refractivity contribution is 7.97. The van der Waals surface area contributed by atoms with Gasteiger partial charge in [-0.2, -0.15) is 0 Å². The van der Waals surface area contributed by atoms with Gasteiger partial charge in [0.1, 0.15) is 23.7 Å². The Hall–Kier alpha value is 0.230. The van der Waals surface area contributed by atoms with Crippen molar-refractivity contribution in [1.82, 2.24) is 0 Å². The predicted octanol–water partition coefficient (Wildman–Crippen LogP) is -0.499. The van der Waals surface area contributed by atoms with Gasteiger partial charge in [0, 0.05) is 0 Å². The molecule has 0 bridgehead atoms. The van der Waals surface area contributed by atoms with Gasteiger partial charge in [-0.05, 0) is 17.3 Å². The molecule has 1 rings (SSSR count). The monoisotopic (exact) mass is 207 g/mol. The number of aliphatic hydroxyl groups is 3. The van der Waals surface area contributed by atoms with E-state index in [4.69, 9.17) is 5.11 Å². The Morgan fingerprint density at radius 3 is 2.62 bits per heavy atom. The molecule has 4 atom stereocenters. The molecule has 0 saturated carbocycles. The molecular weight excluding hydrogens is 188 g/mol. The molecule has 1 saturated heterocycles. The van der Waals surface area contributed by atoms with Crippen molar-refractivity contribution >= 4 is 10.9 Å². The van der Waals surface area contributed by atoms with Crippen LogP contribution in [0.4, 0.5) is 0 Å². The number of hydrogen-bond acceptors (Lipinski definition) is 3. The van der Waals surface area contributed by atoms with Gasteiger partial charge in [-0.25, -0.2) is 0 Å². The van der Waals surface area contributed by atoms with Crippen LogP contribution in [0.5, 0.6) is 0 Å². The quantitative estimate of drug-likeness (QED) is 0.545. The number of rotatable bonds is 4. The second-order valence-corrected chi connectivity index (χ2v) is 5.96. The number of hydrogen-bond donors (Lipinski definition) is 3. The molecule has 3 nitrogen and oxygen atoms in total. The second-order valence-electron chi connectivity index (χ2n) is 3.54. The lowest BCUT2D eigenvalue weighted by atomic mass is 10.2. The van der Waals surface area contributed by atoms with Gasteiger partial charge in [-0.15, -0.1) is 0 Å². The Morgan fingerprint density at radius 1 is 1.38 bits per heavy atom. The Morgan fingerprint density at radius 2 is 2.08 bits per heavy atom. The molecule has 0 spiro atoms. The van der Waals surface area contributed by atoms with Crippen LogP contribution in [0.2, 0.25) is 0 Å². The van der Waals surface area contributed by atoms with E-state index in [0.717, 1.165) is 18.6 Å². The maximum Gasteiger partial charge on any atom is 0.169 e. The maximum atomic E-state index is 9.52. The first-order chi connectivity index (χ1) is 6.20. The van der Waals surface area contributed by atoms with Gasteiger partial charge in [0.05, 0.1) is 6.61 Å². The molecule has 4 heteroatoms. The van der Waals surface area contributed by atoms with Crippen LogP contribution in [0.3, 0.4) is 0 Å².